The topological polar surface area (TPSA) is 24.1 Å². The zero-order chi connectivity index (χ0) is 10.5. The van der Waals surface area contributed by atoms with Crippen LogP contribution in [0, 0.1) is 0 Å². The van der Waals surface area contributed by atoms with Crippen molar-refractivity contribution in [3.8, 4) is 0 Å². The minimum Gasteiger partial charge on any atom is -0.317 e. The lowest BCUT2D eigenvalue weighted by molar-refractivity contribution is 0.559. The predicted molar refractivity (Wildman–Crippen MR) is 64.8 cm³/mol. The summed E-state index contributed by atoms with van der Waals surface area (Å²) in [7, 11) is 0. The van der Waals surface area contributed by atoms with Gasteiger partial charge in [0, 0.05) is 0 Å². The van der Waals surface area contributed by atoms with E-state index >= 15 is 0 Å². The van der Waals surface area contributed by atoms with Gasteiger partial charge in [-0.15, -0.1) is 0 Å². The third kappa shape index (κ3) is 11.9. The SMILES string of the molecule is CCCNCCCCCCCNCC. The quantitative estimate of drug-likeness (QED) is 0.501. The average molecular weight is 200 g/mol. The standard InChI is InChI=1S/C12H28N2/c1-3-10-14-12-9-7-5-6-8-11-13-4-2/h13-14H,3-12H2,1-2H3. The molecule has 0 atom stereocenters. The van der Waals surface area contributed by atoms with Crippen molar-refractivity contribution in [2.24, 2.45) is 0 Å². The molecule has 0 aromatic heterocycles. The summed E-state index contributed by atoms with van der Waals surface area (Å²) in [6.07, 6.45) is 8.13. The molecule has 0 rings (SSSR count). The van der Waals surface area contributed by atoms with Gasteiger partial charge in [-0.1, -0.05) is 33.1 Å². The van der Waals surface area contributed by atoms with Crippen LogP contribution in [-0.2, 0) is 0 Å². The van der Waals surface area contributed by atoms with Gasteiger partial charge in [0.15, 0.2) is 0 Å². The zero-order valence-corrected chi connectivity index (χ0v) is 10.1. The molecule has 0 aliphatic rings. The summed E-state index contributed by atoms with van der Waals surface area (Å²) in [4.78, 5) is 0. The lowest BCUT2D eigenvalue weighted by Gasteiger charge is -2.03. The summed E-state index contributed by atoms with van der Waals surface area (Å²) in [6, 6.07) is 0. The van der Waals surface area contributed by atoms with E-state index in [1.165, 1.54) is 58.2 Å². The first-order chi connectivity index (χ1) is 6.91. The predicted octanol–water partition coefficient (Wildman–Crippen LogP) is 2.55. The molecule has 0 aromatic rings. The van der Waals surface area contributed by atoms with Crippen LogP contribution in [0.5, 0.6) is 0 Å². The largest absolute Gasteiger partial charge is 0.317 e. The second-order valence-corrected chi connectivity index (χ2v) is 3.87. The molecule has 0 saturated carbocycles. The van der Waals surface area contributed by atoms with E-state index in [0.717, 1.165) is 6.54 Å². The normalized spacial score (nSPS) is 10.7. The van der Waals surface area contributed by atoms with Crippen molar-refractivity contribution >= 4 is 0 Å². The van der Waals surface area contributed by atoms with Gasteiger partial charge >= 0.3 is 0 Å². The fraction of sp³-hybridized carbons (Fsp3) is 1.00. The molecule has 0 fully saturated rings. The smallest absolute Gasteiger partial charge is 0.00489 e. The monoisotopic (exact) mass is 200 g/mol. The Hall–Kier alpha value is -0.0800. The molecule has 0 unspecified atom stereocenters. The van der Waals surface area contributed by atoms with Crippen LogP contribution < -0.4 is 10.6 Å². The van der Waals surface area contributed by atoms with Gasteiger partial charge in [0.2, 0.25) is 0 Å². The molecule has 86 valence electrons. The highest BCUT2D eigenvalue weighted by Crippen LogP contribution is 2.01. The van der Waals surface area contributed by atoms with Crippen LogP contribution >= 0.6 is 0 Å². The van der Waals surface area contributed by atoms with Crippen LogP contribution in [-0.4, -0.2) is 26.2 Å². The highest BCUT2D eigenvalue weighted by Gasteiger charge is 1.90. The van der Waals surface area contributed by atoms with Gasteiger partial charge in [0.25, 0.3) is 0 Å². The molecule has 0 amide bonds. The molecular weight excluding hydrogens is 172 g/mol. The van der Waals surface area contributed by atoms with Gasteiger partial charge in [0.05, 0.1) is 0 Å². The minimum absolute atomic E-state index is 1.11. The second kappa shape index (κ2) is 12.9. The van der Waals surface area contributed by atoms with Gasteiger partial charge in [-0.2, -0.15) is 0 Å². The maximum absolute atomic E-state index is 3.43. The van der Waals surface area contributed by atoms with Crippen LogP contribution in [0.4, 0.5) is 0 Å². The van der Waals surface area contributed by atoms with E-state index in [1.54, 1.807) is 0 Å². The van der Waals surface area contributed by atoms with Gasteiger partial charge in [0.1, 0.15) is 0 Å². The number of hydrogen-bond donors (Lipinski definition) is 2. The molecule has 0 radical (unpaired) electrons. The first-order valence-electron chi connectivity index (χ1n) is 6.33. The van der Waals surface area contributed by atoms with Gasteiger partial charge < -0.3 is 10.6 Å². The first kappa shape index (κ1) is 13.9. The van der Waals surface area contributed by atoms with Crippen molar-refractivity contribution in [3.05, 3.63) is 0 Å². The summed E-state index contributed by atoms with van der Waals surface area (Å²) in [5, 5.41) is 6.79. The molecule has 2 nitrogen and oxygen atoms in total. The molecule has 2 N–H and O–H groups in total. The third-order valence-corrected chi connectivity index (χ3v) is 2.38. The summed E-state index contributed by atoms with van der Waals surface area (Å²) in [5.74, 6) is 0. The lowest BCUT2D eigenvalue weighted by atomic mass is 10.1. The van der Waals surface area contributed by atoms with Crippen LogP contribution in [0.15, 0.2) is 0 Å². The summed E-state index contributed by atoms with van der Waals surface area (Å²) < 4.78 is 0. The van der Waals surface area contributed by atoms with E-state index in [1.807, 2.05) is 0 Å². The number of unbranched alkanes of at least 4 members (excludes halogenated alkanes) is 4. The van der Waals surface area contributed by atoms with Crippen molar-refractivity contribution in [1.29, 1.82) is 0 Å². The van der Waals surface area contributed by atoms with E-state index < -0.39 is 0 Å². The van der Waals surface area contributed by atoms with Crippen molar-refractivity contribution in [2.75, 3.05) is 26.2 Å². The molecule has 0 aromatic carbocycles. The van der Waals surface area contributed by atoms with Crippen LogP contribution in [0.3, 0.4) is 0 Å². The van der Waals surface area contributed by atoms with E-state index in [4.69, 9.17) is 0 Å². The molecule has 0 heterocycles. The zero-order valence-electron chi connectivity index (χ0n) is 10.1. The molecule has 0 bridgehead atoms. The van der Waals surface area contributed by atoms with Crippen molar-refractivity contribution < 1.29 is 0 Å². The number of hydrogen-bond acceptors (Lipinski definition) is 2. The fourth-order valence-corrected chi connectivity index (χ4v) is 1.51. The Bertz CT molecular complexity index is 82.3. The van der Waals surface area contributed by atoms with E-state index in [9.17, 15) is 0 Å². The molecule has 2 heteroatoms. The van der Waals surface area contributed by atoms with Gasteiger partial charge in [-0.3, -0.25) is 0 Å². The first-order valence-corrected chi connectivity index (χ1v) is 6.33. The van der Waals surface area contributed by atoms with E-state index in [-0.39, 0.29) is 0 Å². The Morgan fingerprint density at radius 1 is 0.643 bits per heavy atom. The Morgan fingerprint density at radius 2 is 1.21 bits per heavy atom. The van der Waals surface area contributed by atoms with Crippen LogP contribution in [0.1, 0.15) is 52.4 Å². The Labute approximate surface area is 89.9 Å². The number of nitrogens with one attached hydrogen (secondary N) is 2. The Balaban J connectivity index is 2.78. The molecule has 14 heavy (non-hydrogen) atoms. The summed E-state index contributed by atoms with van der Waals surface area (Å²) in [5.41, 5.74) is 0. The second-order valence-electron chi connectivity index (χ2n) is 3.87. The molecular formula is C12H28N2. The Morgan fingerprint density at radius 3 is 1.79 bits per heavy atom. The molecule has 0 saturated heterocycles. The van der Waals surface area contributed by atoms with Crippen molar-refractivity contribution in [1.82, 2.24) is 10.6 Å². The van der Waals surface area contributed by atoms with Gasteiger partial charge in [-0.05, 0) is 45.4 Å². The van der Waals surface area contributed by atoms with E-state index in [0.29, 0.717) is 0 Å². The van der Waals surface area contributed by atoms with Crippen LogP contribution in [0.25, 0.3) is 0 Å². The molecule has 0 aliphatic heterocycles. The highest BCUT2D eigenvalue weighted by atomic mass is 14.8. The molecule has 0 aliphatic carbocycles. The van der Waals surface area contributed by atoms with Crippen molar-refractivity contribution in [2.45, 2.75) is 52.4 Å². The molecule has 0 spiro atoms. The maximum Gasteiger partial charge on any atom is -0.00489 e. The lowest BCUT2D eigenvalue weighted by Crippen LogP contribution is -2.15. The van der Waals surface area contributed by atoms with Gasteiger partial charge in [-0.25, -0.2) is 0 Å². The van der Waals surface area contributed by atoms with E-state index in [2.05, 4.69) is 24.5 Å². The highest BCUT2D eigenvalue weighted by molar-refractivity contribution is 4.50. The Kier molecular flexibility index (Phi) is 12.8. The fourth-order valence-electron chi connectivity index (χ4n) is 1.51. The average Bonchev–Trinajstić information content (AvgIpc) is 2.21. The third-order valence-electron chi connectivity index (χ3n) is 2.38. The minimum atomic E-state index is 1.11. The summed E-state index contributed by atoms with van der Waals surface area (Å²) in [6.45, 7) is 9.08. The van der Waals surface area contributed by atoms with Crippen LogP contribution in [0.2, 0.25) is 0 Å². The maximum atomic E-state index is 3.43. The van der Waals surface area contributed by atoms with Crippen molar-refractivity contribution in [3.63, 3.8) is 0 Å². The summed E-state index contributed by atoms with van der Waals surface area (Å²) >= 11 is 0. The number of rotatable bonds is 11.